The molecule has 19 heavy (non-hydrogen) atoms. The third-order valence-corrected chi connectivity index (χ3v) is 2.27. The molecule has 0 heterocycles. The van der Waals surface area contributed by atoms with Crippen molar-refractivity contribution in [3.05, 3.63) is 0 Å². The summed E-state index contributed by atoms with van der Waals surface area (Å²) in [6, 6.07) is 0. The van der Waals surface area contributed by atoms with Gasteiger partial charge in [0.2, 0.25) is 5.91 Å². The molecule has 0 fully saturated rings. The molecule has 0 aromatic heterocycles. The van der Waals surface area contributed by atoms with Crippen molar-refractivity contribution in [3.63, 3.8) is 0 Å². The van der Waals surface area contributed by atoms with Crippen LogP contribution in [0.15, 0.2) is 0 Å². The Morgan fingerprint density at radius 3 is 2.16 bits per heavy atom. The number of hydrogen-bond acceptors (Lipinski definition) is 3. The van der Waals surface area contributed by atoms with E-state index in [-0.39, 0.29) is 5.91 Å². The Morgan fingerprint density at radius 2 is 1.63 bits per heavy atom. The number of hydrogen-bond donors (Lipinski definition) is 2. The quantitative estimate of drug-likeness (QED) is 0.471. The first-order valence-electron chi connectivity index (χ1n) is 7.89. The SMILES string of the molecule is CC.CC.CCCCCNC(=O)CCCCCON. The van der Waals surface area contributed by atoms with Crippen LogP contribution >= 0.6 is 0 Å². The van der Waals surface area contributed by atoms with Gasteiger partial charge in [-0.1, -0.05) is 53.9 Å². The molecule has 0 spiro atoms. The zero-order chi connectivity index (χ0) is 15.4. The van der Waals surface area contributed by atoms with Crippen molar-refractivity contribution < 1.29 is 9.63 Å². The van der Waals surface area contributed by atoms with Gasteiger partial charge >= 0.3 is 0 Å². The van der Waals surface area contributed by atoms with E-state index in [4.69, 9.17) is 5.90 Å². The van der Waals surface area contributed by atoms with Crippen molar-refractivity contribution in [1.82, 2.24) is 5.32 Å². The van der Waals surface area contributed by atoms with Crippen molar-refractivity contribution in [2.45, 2.75) is 79.6 Å². The first-order valence-corrected chi connectivity index (χ1v) is 7.89. The summed E-state index contributed by atoms with van der Waals surface area (Å²) in [5.74, 6) is 5.05. The number of nitrogens with one attached hydrogen (secondary N) is 1. The second kappa shape index (κ2) is 26.1. The minimum absolute atomic E-state index is 0.166. The van der Waals surface area contributed by atoms with Crippen molar-refractivity contribution >= 4 is 5.91 Å². The van der Waals surface area contributed by atoms with E-state index in [1.165, 1.54) is 12.8 Å². The van der Waals surface area contributed by atoms with Crippen LogP contribution in [-0.2, 0) is 9.63 Å². The molecular weight excluding hydrogens is 240 g/mol. The molecule has 0 saturated carbocycles. The van der Waals surface area contributed by atoms with Gasteiger partial charge in [-0.3, -0.25) is 4.79 Å². The molecule has 0 rings (SSSR count). The Hall–Kier alpha value is -0.610. The van der Waals surface area contributed by atoms with Crippen LogP contribution in [0.25, 0.3) is 0 Å². The fourth-order valence-corrected chi connectivity index (χ4v) is 1.34. The number of amides is 1. The predicted octanol–water partition coefficient (Wildman–Crippen LogP) is 3.80. The van der Waals surface area contributed by atoms with Crippen molar-refractivity contribution in [3.8, 4) is 0 Å². The molecular formula is C15H36N2O2. The molecule has 0 aliphatic rings. The minimum Gasteiger partial charge on any atom is -0.356 e. The fraction of sp³-hybridized carbons (Fsp3) is 0.933. The molecule has 0 aliphatic carbocycles. The highest BCUT2D eigenvalue weighted by Gasteiger charge is 1.99. The first kappa shape index (κ1) is 23.5. The number of nitrogens with two attached hydrogens (primary N) is 1. The van der Waals surface area contributed by atoms with Gasteiger partial charge < -0.3 is 10.2 Å². The lowest BCUT2D eigenvalue weighted by Gasteiger charge is -2.04. The van der Waals surface area contributed by atoms with E-state index in [0.717, 1.165) is 32.2 Å². The molecule has 0 radical (unpaired) electrons. The van der Waals surface area contributed by atoms with Crippen LogP contribution in [0.4, 0.5) is 0 Å². The maximum absolute atomic E-state index is 11.3. The van der Waals surface area contributed by atoms with Gasteiger partial charge in [0, 0.05) is 13.0 Å². The van der Waals surface area contributed by atoms with Gasteiger partial charge in [0.25, 0.3) is 0 Å². The third-order valence-electron chi connectivity index (χ3n) is 2.27. The van der Waals surface area contributed by atoms with Gasteiger partial charge in [-0.15, -0.1) is 0 Å². The average molecular weight is 276 g/mol. The molecule has 1 amide bonds. The lowest BCUT2D eigenvalue weighted by molar-refractivity contribution is -0.121. The van der Waals surface area contributed by atoms with Gasteiger partial charge in [0.15, 0.2) is 0 Å². The molecule has 0 unspecified atom stereocenters. The molecule has 0 aliphatic heterocycles. The van der Waals surface area contributed by atoms with Crippen LogP contribution in [0.2, 0.25) is 0 Å². The molecule has 4 heteroatoms. The average Bonchev–Trinajstić information content (AvgIpc) is 2.48. The molecule has 0 bridgehead atoms. The smallest absolute Gasteiger partial charge is 0.219 e. The Morgan fingerprint density at radius 1 is 1.00 bits per heavy atom. The Balaban J connectivity index is -0.000000579. The van der Waals surface area contributed by atoms with Gasteiger partial charge in [-0.25, -0.2) is 5.90 Å². The van der Waals surface area contributed by atoms with E-state index < -0.39 is 0 Å². The molecule has 0 saturated heterocycles. The van der Waals surface area contributed by atoms with E-state index in [9.17, 15) is 4.79 Å². The van der Waals surface area contributed by atoms with Gasteiger partial charge in [-0.05, 0) is 19.3 Å². The van der Waals surface area contributed by atoms with E-state index in [2.05, 4.69) is 17.1 Å². The summed E-state index contributed by atoms with van der Waals surface area (Å²) in [6.07, 6.45) is 6.94. The standard InChI is InChI=1S/C11H24N2O2.2C2H6/c1-2-3-6-9-13-11(14)8-5-4-7-10-15-12;2*1-2/h2-10,12H2,1H3,(H,13,14);2*1-2H3. The molecule has 0 atom stereocenters. The topological polar surface area (TPSA) is 64.3 Å². The fourth-order valence-electron chi connectivity index (χ4n) is 1.34. The monoisotopic (exact) mass is 276 g/mol. The third kappa shape index (κ3) is 26.8. The number of carbonyl (C=O) groups excluding carboxylic acids is 1. The molecule has 4 nitrogen and oxygen atoms in total. The van der Waals surface area contributed by atoms with E-state index >= 15 is 0 Å². The first-order chi connectivity index (χ1) is 9.31. The molecule has 3 N–H and O–H groups in total. The Labute approximate surface area is 120 Å². The van der Waals surface area contributed by atoms with Crippen LogP contribution < -0.4 is 11.2 Å². The van der Waals surface area contributed by atoms with Crippen LogP contribution in [0.1, 0.15) is 79.6 Å². The van der Waals surface area contributed by atoms with Crippen LogP contribution in [-0.4, -0.2) is 19.1 Å². The summed E-state index contributed by atoms with van der Waals surface area (Å²) in [5, 5.41) is 2.91. The summed E-state index contributed by atoms with van der Waals surface area (Å²) in [5.41, 5.74) is 0. The predicted molar refractivity (Wildman–Crippen MR) is 83.8 cm³/mol. The number of carbonyl (C=O) groups is 1. The normalized spacial score (nSPS) is 8.74. The van der Waals surface area contributed by atoms with E-state index in [1.54, 1.807) is 0 Å². The highest BCUT2D eigenvalue weighted by molar-refractivity contribution is 5.75. The highest BCUT2D eigenvalue weighted by Crippen LogP contribution is 1.99. The molecule has 0 aromatic carbocycles. The van der Waals surface area contributed by atoms with E-state index in [1.807, 2.05) is 27.7 Å². The van der Waals surface area contributed by atoms with Crippen molar-refractivity contribution in [1.29, 1.82) is 0 Å². The maximum Gasteiger partial charge on any atom is 0.219 e. The lowest BCUT2D eigenvalue weighted by atomic mass is 10.2. The lowest BCUT2D eigenvalue weighted by Crippen LogP contribution is -2.23. The zero-order valence-electron chi connectivity index (χ0n) is 13.8. The second-order valence-corrected chi connectivity index (χ2v) is 3.74. The second-order valence-electron chi connectivity index (χ2n) is 3.74. The Kier molecular flexibility index (Phi) is 32.2. The van der Waals surface area contributed by atoms with Crippen molar-refractivity contribution in [2.24, 2.45) is 5.90 Å². The van der Waals surface area contributed by atoms with Gasteiger partial charge in [0.1, 0.15) is 0 Å². The molecule has 118 valence electrons. The minimum atomic E-state index is 0.166. The van der Waals surface area contributed by atoms with Crippen LogP contribution in [0, 0.1) is 0 Å². The van der Waals surface area contributed by atoms with Gasteiger partial charge in [-0.2, -0.15) is 0 Å². The maximum atomic E-state index is 11.3. The zero-order valence-corrected chi connectivity index (χ0v) is 13.8. The summed E-state index contributed by atoms with van der Waals surface area (Å²) in [4.78, 5) is 15.7. The summed E-state index contributed by atoms with van der Waals surface area (Å²) >= 11 is 0. The summed E-state index contributed by atoms with van der Waals surface area (Å²) in [6.45, 7) is 11.6. The Bertz CT molecular complexity index is 153. The molecule has 0 aromatic rings. The van der Waals surface area contributed by atoms with Gasteiger partial charge in [0.05, 0.1) is 6.61 Å². The number of rotatable bonds is 10. The summed E-state index contributed by atoms with van der Waals surface area (Å²) < 4.78 is 0. The number of unbranched alkanes of at least 4 members (excludes halogenated alkanes) is 4. The van der Waals surface area contributed by atoms with E-state index in [0.29, 0.717) is 13.0 Å². The highest BCUT2D eigenvalue weighted by atomic mass is 16.6. The summed E-state index contributed by atoms with van der Waals surface area (Å²) in [7, 11) is 0. The largest absolute Gasteiger partial charge is 0.356 e. The van der Waals surface area contributed by atoms with Crippen LogP contribution in [0.5, 0.6) is 0 Å². The van der Waals surface area contributed by atoms with Crippen LogP contribution in [0.3, 0.4) is 0 Å². The van der Waals surface area contributed by atoms with Crippen molar-refractivity contribution in [2.75, 3.05) is 13.2 Å².